The molecule has 0 aliphatic heterocycles. The number of anilines is 1. The molecule has 2 rings (SSSR count). The van der Waals surface area contributed by atoms with Gasteiger partial charge in [-0.25, -0.2) is 0 Å². The van der Waals surface area contributed by atoms with Crippen molar-refractivity contribution in [3.8, 4) is 0 Å². The Morgan fingerprint density at radius 3 is 2.74 bits per heavy atom. The SMILES string of the molecule is CC[C@@H](C)c1ccccc1NC(=O)c1cccnc1. The number of hydrogen-bond donors (Lipinski definition) is 1. The van der Waals surface area contributed by atoms with Gasteiger partial charge in [0.1, 0.15) is 0 Å². The standard InChI is InChI=1S/C16H18N2O/c1-3-12(2)14-8-4-5-9-15(14)18-16(19)13-7-6-10-17-11-13/h4-12H,3H2,1-2H3,(H,18,19)/t12-/m1/s1. The minimum absolute atomic E-state index is 0.121. The van der Waals surface area contributed by atoms with E-state index >= 15 is 0 Å². The second-order valence-corrected chi connectivity index (χ2v) is 4.59. The Kier molecular flexibility index (Phi) is 4.29. The Morgan fingerprint density at radius 2 is 2.05 bits per heavy atom. The van der Waals surface area contributed by atoms with Crippen molar-refractivity contribution in [3.63, 3.8) is 0 Å². The minimum atomic E-state index is -0.121. The molecule has 1 aromatic heterocycles. The zero-order valence-electron chi connectivity index (χ0n) is 11.3. The molecule has 1 aromatic carbocycles. The van der Waals surface area contributed by atoms with Crippen molar-refractivity contribution in [2.75, 3.05) is 5.32 Å². The first kappa shape index (κ1) is 13.3. The summed E-state index contributed by atoms with van der Waals surface area (Å²) in [5.41, 5.74) is 2.62. The number of benzene rings is 1. The van der Waals surface area contributed by atoms with Gasteiger partial charge in [-0.15, -0.1) is 0 Å². The van der Waals surface area contributed by atoms with E-state index in [0.29, 0.717) is 11.5 Å². The monoisotopic (exact) mass is 254 g/mol. The number of amides is 1. The number of carbonyl (C=O) groups excluding carboxylic acids is 1. The molecule has 1 atom stereocenters. The molecule has 1 amide bonds. The number of rotatable bonds is 4. The summed E-state index contributed by atoms with van der Waals surface area (Å²) in [6.07, 6.45) is 4.27. The predicted octanol–water partition coefficient (Wildman–Crippen LogP) is 3.85. The second kappa shape index (κ2) is 6.14. The zero-order valence-corrected chi connectivity index (χ0v) is 11.3. The van der Waals surface area contributed by atoms with Crippen molar-refractivity contribution in [2.24, 2.45) is 0 Å². The molecule has 3 heteroatoms. The summed E-state index contributed by atoms with van der Waals surface area (Å²) < 4.78 is 0. The molecule has 2 aromatic rings. The molecule has 0 spiro atoms. The Bertz CT molecular complexity index is 552. The predicted molar refractivity (Wildman–Crippen MR) is 77.3 cm³/mol. The smallest absolute Gasteiger partial charge is 0.257 e. The third-order valence-electron chi connectivity index (χ3n) is 3.28. The maximum atomic E-state index is 12.1. The van der Waals surface area contributed by atoms with Gasteiger partial charge in [0.2, 0.25) is 0 Å². The van der Waals surface area contributed by atoms with Crippen molar-refractivity contribution in [3.05, 3.63) is 59.9 Å². The number of aromatic nitrogens is 1. The van der Waals surface area contributed by atoms with Gasteiger partial charge in [0.05, 0.1) is 5.56 Å². The van der Waals surface area contributed by atoms with Crippen LogP contribution in [0.3, 0.4) is 0 Å². The van der Waals surface area contributed by atoms with E-state index in [-0.39, 0.29) is 5.91 Å². The molecule has 0 bridgehead atoms. The van der Waals surface area contributed by atoms with Gasteiger partial charge in [0, 0.05) is 18.1 Å². The summed E-state index contributed by atoms with van der Waals surface area (Å²) in [6.45, 7) is 4.31. The Balaban J connectivity index is 2.22. The molecule has 98 valence electrons. The normalized spacial score (nSPS) is 11.9. The van der Waals surface area contributed by atoms with Gasteiger partial charge < -0.3 is 5.32 Å². The van der Waals surface area contributed by atoms with Crippen LogP contribution in [0.1, 0.15) is 42.1 Å². The van der Waals surface area contributed by atoms with E-state index in [0.717, 1.165) is 12.1 Å². The van der Waals surface area contributed by atoms with E-state index in [1.54, 1.807) is 24.5 Å². The number of carbonyl (C=O) groups is 1. The fraction of sp³-hybridized carbons (Fsp3) is 0.250. The maximum Gasteiger partial charge on any atom is 0.257 e. The van der Waals surface area contributed by atoms with Gasteiger partial charge >= 0.3 is 0 Å². The molecule has 0 radical (unpaired) electrons. The molecule has 0 fully saturated rings. The lowest BCUT2D eigenvalue weighted by atomic mass is 9.97. The van der Waals surface area contributed by atoms with Crippen LogP contribution in [0.2, 0.25) is 0 Å². The average Bonchev–Trinajstić information content (AvgIpc) is 2.48. The average molecular weight is 254 g/mol. The highest BCUT2D eigenvalue weighted by molar-refractivity contribution is 6.04. The lowest BCUT2D eigenvalue weighted by Crippen LogP contribution is -2.14. The van der Waals surface area contributed by atoms with Gasteiger partial charge in [-0.1, -0.05) is 32.0 Å². The highest BCUT2D eigenvalue weighted by Crippen LogP contribution is 2.26. The van der Waals surface area contributed by atoms with Crippen molar-refractivity contribution in [1.82, 2.24) is 4.98 Å². The zero-order chi connectivity index (χ0) is 13.7. The quantitative estimate of drug-likeness (QED) is 0.900. The van der Waals surface area contributed by atoms with Crippen molar-refractivity contribution < 1.29 is 4.79 Å². The molecule has 0 saturated carbocycles. The highest BCUT2D eigenvalue weighted by atomic mass is 16.1. The number of pyridine rings is 1. The molecule has 0 aliphatic rings. The van der Waals surface area contributed by atoms with Crippen LogP contribution in [0.5, 0.6) is 0 Å². The summed E-state index contributed by atoms with van der Waals surface area (Å²) in [5.74, 6) is 0.300. The number of hydrogen-bond acceptors (Lipinski definition) is 2. The van der Waals surface area contributed by atoms with Crippen molar-refractivity contribution in [2.45, 2.75) is 26.2 Å². The van der Waals surface area contributed by atoms with E-state index in [2.05, 4.69) is 30.2 Å². The number of nitrogens with one attached hydrogen (secondary N) is 1. The molecule has 0 unspecified atom stereocenters. The molecule has 1 N–H and O–H groups in total. The summed E-state index contributed by atoms with van der Waals surface area (Å²) in [4.78, 5) is 16.1. The molecule has 1 heterocycles. The van der Waals surface area contributed by atoms with Crippen LogP contribution in [0.25, 0.3) is 0 Å². The van der Waals surface area contributed by atoms with Gasteiger partial charge in [-0.2, -0.15) is 0 Å². The van der Waals surface area contributed by atoms with Gasteiger partial charge in [0.15, 0.2) is 0 Å². The molecule has 0 aliphatic carbocycles. The Labute approximate surface area is 113 Å². The summed E-state index contributed by atoms with van der Waals surface area (Å²) in [5, 5.41) is 2.96. The van der Waals surface area contributed by atoms with Crippen LogP contribution >= 0.6 is 0 Å². The molecule has 19 heavy (non-hydrogen) atoms. The number of nitrogens with zero attached hydrogens (tertiary/aromatic N) is 1. The second-order valence-electron chi connectivity index (χ2n) is 4.59. The van der Waals surface area contributed by atoms with Crippen molar-refractivity contribution >= 4 is 11.6 Å². The Hall–Kier alpha value is -2.16. The van der Waals surface area contributed by atoms with Gasteiger partial charge in [0.25, 0.3) is 5.91 Å². The fourth-order valence-corrected chi connectivity index (χ4v) is 1.95. The molecular formula is C16H18N2O. The third-order valence-corrected chi connectivity index (χ3v) is 3.28. The minimum Gasteiger partial charge on any atom is -0.322 e. The lowest BCUT2D eigenvalue weighted by Gasteiger charge is -2.15. The maximum absolute atomic E-state index is 12.1. The summed E-state index contributed by atoms with van der Waals surface area (Å²) in [6, 6.07) is 11.5. The molecular weight excluding hydrogens is 236 g/mol. The van der Waals surface area contributed by atoms with E-state index in [1.807, 2.05) is 18.2 Å². The van der Waals surface area contributed by atoms with Gasteiger partial charge in [-0.3, -0.25) is 9.78 Å². The third kappa shape index (κ3) is 3.19. The number of para-hydroxylation sites is 1. The molecule has 3 nitrogen and oxygen atoms in total. The summed E-state index contributed by atoms with van der Waals surface area (Å²) >= 11 is 0. The van der Waals surface area contributed by atoms with Crippen LogP contribution in [-0.2, 0) is 0 Å². The van der Waals surface area contributed by atoms with E-state index in [4.69, 9.17) is 0 Å². The van der Waals surface area contributed by atoms with Crippen LogP contribution in [0.4, 0.5) is 5.69 Å². The van der Waals surface area contributed by atoms with Crippen LogP contribution in [0.15, 0.2) is 48.8 Å². The highest BCUT2D eigenvalue weighted by Gasteiger charge is 2.11. The van der Waals surface area contributed by atoms with Crippen molar-refractivity contribution in [1.29, 1.82) is 0 Å². The van der Waals surface area contributed by atoms with Crippen LogP contribution in [0, 0.1) is 0 Å². The first-order chi connectivity index (χ1) is 9.22. The van der Waals surface area contributed by atoms with Crippen LogP contribution < -0.4 is 5.32 Å². The fourth-order valence-electron chi connectivity index (χ4n) is 1.95. The Morgan fingerprint density at radius 1 is 1.26 bits per heavy atom. The largest absolute Gasteiger partial charge is 0.322 e. The van der Waals surface area contributed by atoms with Crippen LogP contribution in [-0.4, -0.2) is 10.9 Å². The first-order valence-electron chi connectivity index (χ1n) is 6.52. The topological polar surface area (TPSA) is 42.0 Å². The van der Waals surface area contributed by atoms with E-state index in [1.165, 1.54) is 5.56 Å². The van der Waals surface area contributed by atoms with E-state index in [9.17, 15) is 4.79 Å². The van der Waals surface area contributed by atoms with E-state index < -0.39 is 0 Å². The van der Waals surface area contributed by atoms with Gasteiger partial charge in [-0.05, 0) is 36.1 Å². The lowest BCUT2D eigenvalue weighted by molar-refractivity contribution is 0.102. The first-order valence-corrected chi connectivity index (χ1v) is 6.52. The summed E-state index contributed by atoms with van der Waals surface area (Å²) in [7, 11) is 0. The molecule has 0 saturated heterocycles.